The number of nitrogens with two attached hydrogens (primary N) is 1. The number of nitrogen functional groups attached to an aromatic ring is 1. The van der Waals surface area contributed by atoms with Crippen LogP contribution >= 0.6 is 0 Å². The number of anilines is 1. The standard InChI is InChI=1S/C14H11N3/c15-14-7-6-10(9-17-14)11-3-1-5-13-12(11)4-2-8-16-13/h1-9H,(H2,15,17). The van der Waals surface area contributed by atoms with E-state index in [9.17, 15) is 0 Å². The number of pyridine rings is 2. The summed E-state index contributed by atoms with van der Waals surface area (Å²) < 4.78 is 0. The Morgan fingerprint density at radius 2 is 1.82 bits per heavy atom. The highest BCUT2D eigenvalue weighted by Crippen LogP contribution is 2.27. The molecule has 0 unspecified atom stereocenters. The number of aromatic nitrogens is 2. The summed E-state index contributed by atoms with van der Waals surface area (Å²) in [4.78, 5) is 8.46. The van der Waals surface area contributed by atoms with Gasteiger partial charge in [0.15, 0.2) is 0 Å². The molecule has 0 saturated carbocycles. The van der Waals surface area contributed by atoms with Gasteiger partial charge in [0.25, 0.3) is 0 Å². The summed E-state index contributed by atoms with van der Waals surface area (Å²) in [6.07, 6.45) is 3.59. The molecule has 0 bridgehead atoms. The van der Waals surface area contributed by atoms with Gasteiger partial charge in [-0.05, 0) is 29.8 Å². The maximum Gasteiger partial charge on any atom is 0.123 e. The number of nitrogens with zero attached hydrogens (tertiary/aromatic N) is 2. The van der Waals surface area contributed by atoms with Gasteiger partial charge in [0, 0.05) is 23.3 Å². The first-order chi connectivity index (χ1) is 8.34. The van der Waals surface area contributed by atoms with Gasteiger partial charge >= 0.3 is 0 Å². The molecule has 0 aliphatic heterocycles. The smallest absolute Gasteiger partial charge is 0.123 e. The van der Waals surface area contributed by atoms with E-state index in [4.69, 9.17) is 5.73 Å². The molecule has 82 valence electrons. The number of fused-ring (bicyclic) bond motifs is 1. The lowest BCUT2D eigenvalue weighted by Crippen LogP contribution is -1.89. The number of hydrogen-bond donors (Lipinski definition) is 1. The van der Waals surface area contributed by atoms with Crippen molar-refractivity contribution in [2.45, 2.75) is 0 Å². The highest BCUT2D eigenvalue weighted by molar-refractivity contribution is 5.94. The molecule has 0 aliphatic rings. The van der Waals surface area contributed by atoms with E-state index in [0.717, 1.165) is 22.0 Å². The number of hydrogen-bond acceptors (Lipinski definition) is 3. The SMILES string of the molecule is Nc1ccc(-c2cccc3ncccc23)cn1. The first-order valence-electron chi connectivity index (χ1n) is 5.40. The lowest BCUT2D eigenvalue weighted by atomic mass is 10.0. The van der Waals surface area contributed by atoms with Crippen LogP contribution in [0, 0.1) is 0 Å². The van der Waals surface area contributed by atoms with Crippen LogP contribution in [0.2, 0.25) is 0 Å². The molecule has 0 atom stereocenters. The summed E-state index contributed by atoms with van der Waals surface area (Å²) in [6.45, 7) is 0. The average molecular weight is 221 g/mol. The topological polar surface area (TPSA) is 51.8 Å². The molecule has 17 heavy (non-hydrogen) atoms. The summed E-state index contributed by atoms with van der Waals surface area (Å²) in [6, 6.07) is 13.9. The molecule has 0 aliphatic carbocycles. The predicted octanol–water partition coefficient (Wildman–Crippen LogP) is 2.88. The summed E-state index contributed by atoms with van der Waals surface area (Å²) in [7, 11) is 0. The molecule has 3 heteroatoms. The molecule has 3 aromatic rings. The van der Waals surface area contributed by atoms with E-state index in [1.54, 1.807) is 12.4 Å². The minimum atomic E-state index is 0.534. The second-order valence-corrected chi connectivity index (χ2v) is 3.85. The van der Waals surface area contributed by atoms with Crippen molar-refractivity contribution in [2.24, 2.45) is 0 Å². The zero-order valence-electron chi connectivity index (χ0n) is 9.17. The lowest BCUT2D eigenvalue weighted by molar-refractivity contribution is 1.34. The summed E-state index contributed by atoms with van der Waals surface area (Å²) in [5.74, 6) is 0.534. The molecular weight excluding hydrogens is 210 g/mol. The van der Waals surface area contributed by atoms with Crippen LogP contribution in [-0.2, 0) is 0 Å². The van der Waals surface area contributed by atoms with Crippen molar-refractivity contribution in [3.63, 3.8) is 0 Å². The monoisotopic (exact) mass is 221 g/mol. The third-order valence-corrected chi connectivity index (χ3v) is 2.74. The Morgan fingerprint density at radius 1 is 0.882 bits per heavy atom. The van der Waals surface area contributed by atoms with Crippen LogP contribution in [0.4, 0.5) is 5.82 Å². The molecule has 2 heterocycles. The van der Waals surface area contributed by atoms with Crippen LogP contribution in [0.15, 0.2) is 54.9 Å². The lowest BCUT2D eigenvalue weighted by Gasteiger charge is -2.05. The maximum absolute atomic E-state index is 5.59. The van der Waals surface area contributed by atoms with Gasteiger partial charge in [0.2, 0.25) is 0 Å². The van der Waals surface area contributed by atoms with Crippen LogP contribution in [0.5, 0.6) is 0 Å². The highest BCUT2D eigenvalue weighted by Gasteiger charge is 2.03. The summed E-state index contributed by atoms with van der Waals surface area (Å²) in [5.41, 5.74) is 8.76. The van der Waals surface area contributed by atoms with Gasteiger partial charge in [-0.25, -0.2) is 4.98 Å². The fraction of sp³-hybridized carbons (Fsp3) is 0. The van der Waals surface area contributed by atoms with E-state index >= 15 is 0 Å². The van der Waals surface area contributed by atoms with Gasteiger partial charge in [-0.2, -0.15) is 0 Å². The zero-order valence-corrected chi connectivity index (χ0v) is 9.17. The van der Waals surface area contributed by atoms with Gasteiger partial charge in [0.05, 0.1) is 5.52 Å². The van der Waals surface area contributed by atoms with Crippen molar-refractivity contribution in [3.8, 4) is 11.1 Å². The number of rotatable bonds is 1. The third kappa shape index (κ3) is 1.72. The van der Waals surface area contributed by atoms with Crippen LogP contribution in [0.25, 0.3) is 22.0 Å². The van der Waals surface area contributed by atoms with Gasteiger partial charge < -0.3 is 5.73 Å². The molecule has 2 N–H and O–H groups in total. The van der Waals surface area contributed by atoms with Crippen molar-refractivity contribution < 1.29 is 0 Å². The number of benzene rings is 1. The first kappa shape index (κ1) is 9.78. The van der Waals surface area contributed by atoms with E-state index in [2.05, 4.69) is 22.1 Å². The molecule has 0 amide bonds. The molecule has 0 saturated heterocycles. The fourth-order valence-electron chi connectivity index (χ4n) is 1.92. The van der Waals surface area contributed by atoms with Crippen molar-refractivity contribution in [1.29, 1.82) is 0 Å². The van der Waals surface area contributed by atoms with E-state index in [1.807, 2.05) is 30.3 Å². The molecule has 3 rings (SSSR count). The maximum atomic E-state index is 5.59. The molecule has 3 nitrogen and oxygen atoms in total. The van der Waals surface area contributed by atoms with Crippen LogP contribution in [0.1, 0.15) is 0 Å². The predicted molar refractivity (Wildman–Crippen MR) is 69.4 cm³/mol. The molecule has 0 spiro atoms. The van der Waals surface area contributed by atoms with Crippen molar-refractivity contribution in [1.82, 2.24) is 9.97 Å². The fourth-order valence-corrected chi connectivity index (χ4v) is 1.92. The Bertz CT molecular complexity index is 654. The molecule has 2 aromatic heterocycles. The van der Waals surface area contributed by atoms with Crippen LogP contribution < -0.4 is 5.73 Å². The first-order valence-corrected chi connectivity index (χ1v) is 5.40. The minimum Gasteiger partial charge on any atom is -0.384 e. The Morgan fingerprint density at radius 3 is 2.65 bits per heavy atom. The Balaban J connectivity index is 2.27. The quantitative estimate of drug-likeness (QED) is 0.687. The van der Waals surface area contributed by atoms with E-state index in [0.29, 0.717) is 5.82 Å². The summed E-state index contributed by atoms with van der Waals surface area (Å²) in [5, 5.41) is 1.13. The van der Waals surface area contributed by atoms with Crippen molar-refractivity contribution in [3.05, 3.63) is 54.9 Å². The second kappa shape index (κ2) is 3.87. The molecule has 0 radical (unpaired) electrons. The molecular formula is C14H11N3. The highest BCUT2D eigenvalue weighted by atomic mass is 14.8. The van der Waals surface area contributed by atoms with Gasteiger partial charge in [-0.15, -0.1) is 0 Å². The molecule has 0 fully saturated rings. The minimum absolute atomic E-state index is 0.534. The normalized spacial score (nSPS) is 10.6. The zero-order chi connectivity index (χ0) is 11.7. The van der Waals surface area contributed by atoms with Crippen molar-refractivity contribution in [2.75, 3.05) is 5.73 Å². The summed E-state index contributed by atoms with van der Waals surface area (Å²) >= 11 is 0. The van der Waals surface area contributed by atoms with Gasteiger partial charge in [-0.1, -0.05) is 18.2 Å². The Hall–Kier alpha value is -2.42. The van der Waals surface area contributed by atoms with E-state index < -0.39 is 0 Å². The third-order valence-electron chi connectivity index (χ3n) is 2.74. The van der Waals surface area contributed by atoms with E-state index in [-0.39, 0.29) is 0 Å². The second-order valence-electron chi connectivity index (χ2n) is 3.85. The van der Waals surface area contributed by atoms with Crippen LogP contribution in [-0.4, -0.2) is 9.97 Å². The Kier molecular flexibility index (Phi) is 2.22. The van der Waals surface area contributed by atoms with E-state index in [1.165, 1.54) is 0 Å². The molecule has 1 aromatic carbocycles. The van der Waals surface area contributed by atoms with Gasteiger partial charge in [0.1, 0.15) is 5.82 Å². The van der Waals surface area contributed by atoms with Crippen LogP contribution in [0.3, 0.4) is 0 Å². The van der Waals surface area contributed by atoms with Crippen molar-refractivity contribution >= 4 is 16.7 Å². The average Bonchev–Trinajstić information content (AvgIpc) is 2.39. The largest absolute Gasteiger partial charge is 0.384 e. The van der Waals surface area contributed by atoms with Gasteiger partial charge in [-0.3, -0.25) is 4.98 Å². The Labute approximate surface area is 98.9 Å².